The van der Waals surface area contributed by atoms with E-state index in [4.69, 9.17) is 15.2 Å². The number of hydrogen-bond donors (Lipinski definition) is 0. The fourth-order valence-corrected chi connectivity index (χ4v) is 0.784. The molecule has 1 aromatic heterocycles. The van der Waals surface area contributed by atoms with Crippen LogP contribution in [0.25, 0.3) is 16.5 Å². The van der Waals surface area contributed by atoms with Gasteiger partial charge in [0.25, 0.3) is 0 Å². The van der Waals surface area contributed by atoms with Gasteiger partial charge in [-0.3, -0.25) is 10.1 Å². The zero-order valence-corrected chi connectivity index (χ0v) is 7.19. The van der Waals surface area contributed by atoms with E-state index in [9.17, 15) is 10.1 Å². The smallest absolute Gasteiger partial charge is 0.401 e. The van der Waals surface area contributed by atoms with Gasteiger partial charge in [-0.05, 0) is 16.7 Å². The Hall–Kier alpha value is -2.78. The third kappa shape index (κ3) is 2.58. The number of nitriles is 1. The fraction of sp³-hybridized carbons (Fsp3) is 0. The first-order chi connectivity index (χ1) is 7.17. The van der Waals surface area contributed by atoms with Crippen molar-refractivity contribution in [2.75, 3.05) is 0 Å². The molecule has 0 saturated carbocycles. The van der Waals surface area contributed by atoms with Crippen LogP contribution in [0.15, 0.2) is 27.4 Å². The van der Waals surface area contributed by atoms with Crippen molar-refractivity contribution in [2.24, 2.45) is 5.11 Å². The summed E-state index contributed by atoms with van der Waals surface area (Å²) in [4.78, 5) is 11.9. The summed E-state index contributed by atoms with van der Waals surface area (Å²) in [6.07, 6.45) is 1.10. The first-order valence-electron chi connectivity index (χ1n) is 3.58. The zero-order chi connectivity index (χ0) is 11.3. The van der Waals surface area contributed by atoms with Crippen LogP contribution in [0.5, 0.6) is 0 Å². The van der Waals surface area contributed by atoms with Gasteiger partial charge in [0.2, 0.25) is 0 Å². The summed E-state index contributed by atoms with van der Waals surface area (Å²) < 4.78 is 4.71. The van der Waals surface area contributed by atoms with Gasteiger partial charge in [-0.2, -0.15) is 5.26 Å². The van der Waals surface area contributed by atoms with E-state index in [1.807, 2.05) is 0 Å². The molecule has 0 amide bonds. The quantitative estimate of drug-likeness (QED) is 0.187. The third-order valence-electron chi connectivity index (χ3n) is 1.34. The van der Waals surface area contributed by atoms with Crippen LogP contribution in [0.1, 0.15) is 5.76 Å². The third-order valence-corrected chi connectivity index (χ3v) is 1.34. The van der Waals surface area contributed by atoms with Gasteiger partial charge in [0, 0.05) is 11.0 Å². The van der Waals surface area contributed by atoms with Crippen LogP contribution >= 0.6 is 0 Å². The van der Waals surface area contributed by atoms with Gasteiger partial charge in [0.15, 0.2) is 0 Å². The van der Waals surface area contributed by atoms with Crippen molar-refractivity contribution in [1.29, 1.82) is 5.26 Å². The maximum Gasteiger partial charge on any atom is 0.433 e. The molecule has 15 heavy (non-hydrogen) atoms. The minimum atomic E-state index is -0.711. The van der Waals surface area contributed by atoms with Crippen LogP contribution in [-0.2, 0) is 0 Å². The largest absolute Gasteiger partial charge is 0.433 e. The van der Waals surface area contributed by atoms with Crippen LogP contribution in [0.4, 0.5) is 5.88 Å². The number of rotatable bonds is 3. The molecule has 0 aromatic carbocycles. The molecule has 0 fully saturated rings. The highest BCUT2D eigenvalue weighted by atomic mass is 16.6. The van der Waals surface area contributed by atoms with Crippen LogP contribution < -0.4 is 0 Å². The Morgan fingerprint density at radius 3 is 3.00 bits per heavy atom. The molecular formula is C7H3N5O3. The van der Waals surface area contributed by atoms with E-state index in [2.05, 4.69) is 10.0 Å². The van der Waals surface area contributed by atoms with Crippen molar-refractivity contribution in [2.45, 2.75) is 0 Å². The van der Waals surface area contributed by atoms with Gasteiger partial charge in [-0.1, -0.05) is 0 Å². The summed E-state index contributed by atoms with van der Waals surface area (Å²) in [7, 11) is 0. The van der Waals surface area contributed by atoms with E-state index >= 15 is 0 Å². The molecule has 1 aromatic rings. The van der Waals surface area contributed by atoms with E-state index in [-0.39, 0.29) is 11.5 Å². The lowest BCUT2D eigenvalue weighted by Crippen LogP contribution is -1.82. The van der Waals surface area contributed by atoms with E-state index in [0.717, 1.165) is 12.1 Å². The molecule has 1 heterocycles. The van der Waals surface area contributed by atoms with Crippen molar-refractivity contribution < 1.29 is 9.34 Å². The van der Waals surface area contributed by atoms with Crippen molar-refractivity contribution in [3.8, 4) is 6.07 Å². The second-order valence-electron chi connectivity index (χ2n) is 2.26. The normalized spacial score (nSPS) is 10.2. The molecule has 0 spiro atoms. The molecule has 8 heteroatoms. The van der Waals surface area contributed by atoms with Crippen molar-refractivity contribution in [3.63, 3.8) is 0 Å². The molecule has 0 N–H and O–H groups in total. The molecule has 0 aliphatic rings. The maximum atomic E-state index is 10.2. The van der Waals surface area contributed by atoms with Crippen molar-refractivity contribution in [1.82, 2.24) is 0 Å². The summed E-state index contributed by atoms with van der Waals surface area (Å²) in [5, 5.41) is 21.8. The van der Waals surface area contributed by atoms with E-state index < -0.39 is 10.8 Å². The fourth-order valence-electron chi connectivity index (χ4n) is 0.784. The van der Waals surface area contributed by atoms with Gasteiger partial charge in [0.05, 0.1) is 6.07 Å². The summed E-state index contributed by atoms with van der Waals surface area (Å²) in [5.41, 5.74) is 7.83. The minimum Gasteiger partial charge on any atom is -0.401 e. The molecule has 74 valence electrons. The van der Waals surface area contributed by atoms with Crippen molar-refractivity contribution in [3.05, 3.63) is 44.1 Å². The summed E-state index contributed by atoms with van der Waals surface area (Å²) >= 11 is 0. The highest BCUT2D eigenvalue weighted by Gasteiger charge is 2.10. The number of hydrogen-bond acceptors (Lipinski definition) is 5. The number of allylic oxidation sites excluding steroid dienone is 1. The summed E-state index contributed by atoms with van der Waals surface area (Å²) in [6, 6.07) is 4.03. The average Bonchev–Trinajstić information content (AvgIpc) is 2.65. The van der Waals surface area contributed by atoms with Gasteiger partial charge >= 0.3 is 5.88 Å². The molecule has 0 atom stereocenters. The van der Waals surface area contributed by atoms with Gasteiger partial charge < -0.3 is 4.42 Å². The standard InChI is InChI=1S/C7H3N5O3/c8-4-5(10-11-9)3-6-1-2-7(15-6)12(13)14/h1-3H. The van der Waals surface area contributed by atoms with E-state index in [1.165, 1.54) is 6.07 Å². The van der Waals surface area contributed by atoms with Gasteiger partial charge in [-0.25, -0.2) is 0 Å². The molecule has 0 saturated heterocycles. The van der Waals surface area contributed by atoms with Crippen LogP contribution in [0.3, 0.4) is 0 Å². The molecule has 0 radical (unpaired) electrons. The molecule has 0 aliphatic heterocycles. The van der Waals surface area contributed by atoms with Gasteiger partial charge in [-0.15, -0.1) is 0 Å². The summed E-state index contributed by atoms with van der Waals surface area (Å²) in [5.74, 6) is -0.370. The summed E-state index contributed by atoms with van der Waals surface area (Å²) in [6.45, 7) is 0. The SMILES string of the molecule is N#CC(=Cc1ccc([N+](=O)[O-])o1)N=[N+]=[N-]. The highest BCUT2D eigenvalue weighted by molar-refractivity contribution is 5.53. The Balaban J connectivity index is 3.03. The molecule has 0 unspecified atom stereocenters. The Kier molecular flexibility index (Phi) is 3.06. The van der Waals surface area contributed by atoms with Crippen LogP contribution in [-0.4, -0.2) is 4.92 Å². The Labute approximate surface area is 82.8 Å². The molecule has 0 aliphatic carbocycles. The minimum absolute atomic E-state index is 0.0747. The van der Waals surface area contributed by atoms with E-state index in [1.54, 1.807) is 6.07 Å². The Morgan fingerprint density at radius 2 is 2.53 bits per heavy atom. The Bertz CT molecular complexity index is 503. The lowest BCUT2D eigenvalue weighted by atomic mass is 10.3. The number of nitrogens with zero attached hydrogens (tertiary/aromatic N) is 5. The molecular weight excluding hydrogens is 202 g/mol. The second-order valence-corrected chi connectivity index (χ2v) is 2.26. The lowest BCUT2D eigenvalue weighted by Gasteiger charge is -1.84. The lowest BCUT2D eigenvalue weighted by molar-refractivity contribution is -0.402. The predicted molar refractivity (Wildman–Crippen MR) is 48.1 cm³/mol. The molecule has 8 nitrogen and oxygen atoms in total. The second kappa shape index (κ2) is 4.45. The number of azide groups is 1. The van der Waals surface area contributed by atoms with E-state index in [0.29, 0.717) is 0 Å². The first-order valence-corrected chi connectivity index (χ1v) is 3.58. The average molecular weight is 205 g/mol. The predicted octanol–water partition coefficient (Wildman–Crippen LogP) is 2.36. The highest BCUT2D eigenvalue weighted by Crippen LogP contribution is 2.18. The van der Waals surface area contributed by atoms with Crippen LogP contribution in [0, 0.1) is 21.4 Å². The first kappa shape index (κ1) is 10.3. The van der Waals surface area contributed by atoms with Crippen LogP contribution in [0.2, 0.25) is 0 Å². The maximum absolute atomic E-state index is 10.2. The molecule has 1 rings (SSSR count). The number of nitro groups is 1. The monoisotopic (exact) mass is 205 g/mol. The van der Waals surface area contributed by atoms with Crippen molar-refractivity contribution >= 4 is 12.0 Å². The Morgan fingerprint density at radius 1 is 1.80 bits per heavy atom. The topological polar surface area (TPSA) is 129 Å². The van der Waals surface area contributed by atoms with Gasteiger partial charge in [0.1, 0.15) is 22.4 Å². The molecule has 0 bridgehead atoms. The number of furan rings is 1. The zero-order valence-electron chi connectivity index (χ0n) is 7.19.